The predicted octanol–water partition coefficient (Wildman–Crippen LogP) is -0.309. The van der Waals surface area contributed by atoms with E-state index in [9.17, 15) is 4.79 Å². The first-order valence-corrected chi connectivity index (χ1v) is 3.27. The van der Waals surface area contributed by atoms with Gasteiger partial charge in [-0.15, -0.1) is 0 Å². The second-order valence-corrected chi connectivity index (χ2v) is 2.08. The fourth-order valence-corrected chi connectivity index (χ4v) is 0.830. The predicted molar refractivity (Wildman–Crippen MR) is 43.6 cm³/mol. The van der Waals surface area contributed by atoms with E-state index in [-0.39, 0.29) is 11.3 Å². The highest BCUT2D eigenvalue weighted by molar-refractivity contribution is 6.17. The van der Waals surface area contributed by atoms with Gasteiger partial charge in [-0.1, -0.05) is 12.1 Å². The smallest absolute Gasteiger partial charge is 0.537 e. The van der Waals surface area contributed by atoms with Gasteiger partial charge < -0.3 is 15.4 Å². The maximum Gasteiger partial charge on any atom is 0.569 e. The monoisotopic (exact) mass is 164 g/mol. The Morgan fingerprint density at radius 1 is 1.50 bits per heavy atom. The third-order valence-corrected chi connectivity index (χ3v) is 1.33. The van der Waals surface area contributed by atoms with E-state index in [2.05, 4.69) is 4.65 Å². The van der Waals surface area contributed by atoms with Crippen molar-refractivity contribution in [2.24, 2.45) is 5.73 Å². The van der Waals surface area contributed by atoms with Gasteiger partial charge in [-0.2, -0.15) is 0 Å². The molecule has 0 aliphatic carbocycles. The zero-order chi connectivity index (χ0) is 8.97. The average molecular weight is 164 g/mol. The van der Waals surface area contributed by atoms with Crippen molar-refractivity contribution >= 4 is 13.6 Å². The van der Waals surface area contributed by atoms with E-state index in [1.165, 1.54) is 12.1 Å². The lowest BCUT2D eigenvalue weighted by Gasteiger charge is -2.04. The SMILES string of the molecule is NC(=O)c1ccccc1O[B]O. The normalized spacial score (nSPS) is 9.08. The molecule has 1 radical (unpaired) electrons. The first-order chi connectivity index (χ1) is 5.75. The van der Waals surface area contributed by atoms with E-state index < -0.39 is 5.91 Å². The third-order valence-electron chi connectivity index (χ3n) is 1.33. The third kappa shape index (κ3) is 1.76. The van der Waals surface area contributed by atoms with Gasteiger partial charge in [-0.3, -0.25) is 4.79 Å². The zero-order valence-corrected chi connectivity index (χ0v) is 6.23. The topological polar surface area (TPSA) is 72.6 Å². The number of primary amides is 1. The van der Waals surface area contributed by atoms with Gasteiger partial charge in [0.25, 0.3) is 5.91 Å². The molecule has 1 rings (SSSR count). The first-order valence-electron chi connectivity index (χ1n) is 3.27. The summed E-state index contributed by atoms with van der Waals surface area (Å²) in [5, 5.41) is 8.33. The lowest BCUT2D eigenvalue weighted by molar-refractivity contribution is 0.0998. The van der Waals surface area contributed by atoms with Crippen molar-refractivity contribution in [3.8, 4) is 5.75 Å². The van der Waals surface area contributed by atoms with Crippen LogP contribution in [0.3, 0.4) is 0 Å². The molecule has 0 aliphatic heterocycles. The van der Waals surface area contributed by atoms with Gasteiger partial charge in [0.1, 0.15) is 5.75 Å². The molecule has 61 valence electrons. The molecule has 1 aromatic carbocycles. The van der Waals surface area contributed by atoms with Crippen LogP contribution >= 0.6 is 0 Å². The van der Waals surface area contributed by atoms with Crippen molar-refractivity contribution in [1.82, 2.24) is 0 Å². The summed E-state index contributed by atoms with van der Waals surface area (Å²) in [6.07, 6.45) is 0. The van der Waals surface area contributed by atoms with Crippen molar-refractivity contribution in [3.63, 3.8) is 0 Å². The Hall–Kier alpha value is -1.49. The number of rotatable bonds is 3. The Morgan fingerprint density at radius 3 is 2.75 bits per heavy atom. The van der Waals surface area contributed by atoms with Crippen LogP contribution < -0.4 is 10.4 Å². The highest BCUT2D eigenvalue weighted by Crippen LogP contribution is 2.15. The molecule has 0 bridgehead atoms. The Kier molecular flexibility index (Phi) is 2.71. The quantitative estimate of drug-likeness (QED) is 0.601. The van der Waals surface area contributed by atoms with Crippen LogP contribution in [-0.4, -0.2) is 18.6 Å². The molecule has 5 heteroatoms. The molecule has 0 atom stereocenters. The second kappa shape index (κ2) is 3.78. The Bertz CT molecular complexity index is 290. The van der Waals surface area contributed by atoms with Crippen LogP contribution in [0.2, 0.25) is 0 Å². The van der Waals surface area contributed by atoms with Crippen LogP contribution in [0.15, 0.2) is 24.3 Å². The summed E-state index contributed by atoms with van der Waals surface area (Å²) in [7, 11) is 0.502. The second-order valence-electron chi connectivity index (χ2n) is 2.08. The zero-order valence-electron chi connectivity index (χ0n) is 6.23. The van der Waals surface area contributed by atoms with Crippen molar-refractivity contribution in [1.29, 1.82) is 0 Å². The molecule has 3 N–H and O–H groups in total. The summed E-state index contributed by atoms with van der Waals surface area (Å²) >= 11 is 0. The number of amides is 1. The summed E-state index contributed by atoms with van der Waals surface area (Å²) in [5.41, 5.74) is 5.27. The van der Waals surface area contributed by atoms with Crippen molar-refractivity contribution in [2.75, 3.05) is 0 Å². The lowest BCUT2D eigenvalue weighted by Crippen LogP contribution is -2.13. The van der Waals surface area contributed by atoms with E-state index in [4.69, 9.17) is 10.8 Å². The molecule has 0 aromatic heterocycles. The van der Waals surface area contributed by atoms with Gasteiger partial charge in [0.05, 0.1) is 5.56 Å². The van der Waals surface area contributed by atoms with Gasteiger partial charge in [-0.25, -0.2) is 0 Å². The van der Waals surface area contributed by atoms with Crippen LogP contribution in [0.1, 0.15) is 10.4 Å². The first kappa shape index (κ1) is 8.61. The number of hydrogen-bond donors (Lipinski definition) is 2. The molecule has 0 heterocycles. The maximum absolute atomic E-state index is 10.7. The molecular weight excluding hydrogens is 157 g/mol. The molecular formula is C7H7BNO3. The van der Waals surface area contributed by atoms with Crippen LogP contribution in [0.25, 0.3) is 0 Å². The number of carbonyl (C=O) groups excluding carboxylic acids is 1. The molecule has 0 saturated carbocycles. The summed E-state index contributed by atoms with van der Waals surface area (Å²) in [6, 6.07) is 6.38. The van der Waals surface area contributed by atoms with E-state index in [1.54, 1.807) is 12.1 Å². The lowest BCUT2D eigenvalue weighted by atomic mass is 10.2. The fraction of sp³-hybridized carbons (Fsp3) is 0. The van der Waals surface area contributed by atoms with Crippen LogP contribution in [0.5, 0.6) is 5.75 Å². The Balaban J connectivity index is 3.00. The summed E-state index contributed by atoms with van der Waals surface area (Å²) in [4.78, 5) is 10.7. The molecule has 0 spiro atoms. The minimum absolute atomic E-state index is 0.239. The molecule has 4 nitrogen and oxygen atoms in total. The Morgan fingerprint density at radius 2 is 2.17 bits per heavy atom. The highest BCUT2D eigenvalue weighted by Gasteiger charge is 2.07. The van der Waals surface area contributed by atoms with Crippen molar-refractivity contribution in [3.05, 3.63) is 29.8 Å². The van der Waals surface area contributed by atoms with Gasteiger partial charge in [0.2, 0.25) is 0 Å². The highest BCUT2D eigenvalue weighted by atomic mass is 16.5. The number of nitrogens with two attached hydrogens (primary N) is 1. The van der Waals surface area contributed by atoms with Gasteiger partial charge in [0, 0.05) is 0 Å². The molecule has 0 fully saturated rings. The van der Waals surface area contributed by atoms with E-state index in [0.717, 1.165) is 0 Å². The van der Waals surface area contributed by atoms with E-state index >= 15 is 0 Å². The van der Waals surface area contributed by atoms with Crippen LogP contribution in [0, 0.1) is 0 Å². The maximum atomic E-state index is 10.7. The van der Waals surface area contributed by atoms with Crippen molar-refractivity contribution < 1.29 is 14.5 Å². The average Bonchev–Trinajstić information content (AvgIpc) is 2.05. The molecule has 0 unspecified atom stereocenters. The summed E-state index contributed by atoms with van der Waals surface area (Å²) in [5.74, 6) is -0.347. The Labute approximate surface area is 70.3 Å². The summed E-state index contributed by atoms with van der Waals surface area (Å²) < 4.78 is 4.63. The number of para-hydroxylation sites is 1. The number of carbonyl (C=O) groups is 1. The fourth-order valence-electron chi connectivity index (χ4n) is 0.830. The number of hydrogen-bond acceptors (Lipinski definition) is 3. The van der Waals surface area contributed by atoms with Crippen LogP contribution in [0.4, 0.5) is 0 Å². The molecule has 0 aliphatic rings. The van der Waals surface area contributed by atoms with E-state index in [1.807, 2.05) is 0 Å². The molecule has 0 saturated heterocycles. The number of benzene rings is 1. The van der Waals surface area contributed by atoms with Crippen LogP contribution in [-0.2, 0) is 0 Å². The largest absolute Gasteiger partial charge is 0.569 e. The minimum Gasteiger partial charge on any atom is -0.537 e. The summed E-state index contributed by atoms with van der Waals surface area (Å²) in [6.45, 7) is 0. The molecule has 1 aromatic rings. The standard InChI is InChI=1S/C7H7BNO3/c9-7(10)5-3-1-2-4-6(5)12-8-11/h1-4,11H,(H2,9,10). The molecule has 12 heavy (non-hydrogen) atoms. The minimum atomic E-state index is -0.590. The van der Waals surface area contributed by atoms with Gasteiger partial charge in [0.15, 0.2) is 0 Å². The van der Waals surface area contributed by atoms with Gasteiger partial charge in [-0.05, 0) is 12.1 Å². The van der Waals surface area contributed by atoms with E-state index in [0.29, 0.717) is 7.69 Å². The van der Waals surface area contributed by atoms with Gasteiger partial charge >= 0.3 is 7.69 Å². The van der Waals surface area contributed by atoms with Crippen molar-refractivity contribution in [2.45, 2.75) is 0 Å². The molecule has 1 amide bonds.